The average Bonchev–Trinajstić information content (AvgIpc) is 3.04. The molecular weight excluding hydrogens is 455 g/mol. The normalized spacial score (nSPS) is 18.4. The molecule has 0 saturated carbocycles. The summed E-state index contributed by atoms with van der Waals surface area (Å²) in [6, 6.07) is 17.3. The van der Waals surface area contributed by atoms with Crippen LogP contribution in [0.1, 0.15) is 30.6 Å². The van der Waals surface area contributed by atoms with E-state index in [1.165, 1.54) is 0 Å². The van der Waals surface area contributed by atoms with Gasteiger partial charge in [0.05, 0.1) is 12.2 Å². The molecule has 0 spiro atoms. The predicted octanol–water partition coefficient (Wildman–Crippen LogP) is 4.85. The SMILES string of the molecule is CCOC(=O)C(/C=C1/CC(c2ccccc2)OC1=O)=C/c1ccc(I)cc1. The summed E-state index contributed by atoms with van der Waals surface area (Å²) in [5, 5.41) is 0. The Kier molecular flexibility index (Phi) is 6.45. The minimum absolute atomic E-state index is 0.267. The van der Waals surface area contributed by atoms with Gasteiger partial charge >= 0.3 is 11.9 Å². The van der Waals surface area contributed by atoms with E-state index in [0.29, 0.717) is 17.6 Å². The Labute approximate surface area is 172 Å². The number of esters is 2. The van der Waals surface area contributed by atoms with Gasteiger partial charge in [-0.15, -0.1) is 0 Å². The van der Waals surface area contributed by atoms with E-state index in [1.54, 1.807) is 19.1 Å². The zero-order valence-corrected chi connectivity index (χ0v) is 17.0. The van der Waals surface area contributed by atoms with Gasteiger partial charge in [0.1, 0.15) is 6.10 Å². The maximum absolute atomic E-state index is 12.4. The Balaban J connectivity index is 1.89. The van der Waals surface area contributed by atoms with Gasteiger partial charge in [0.25, 0.3) is 0 Å². The molecule has 0 radical (unpaired) electrons. The molecule has 5 heteroatoms. The van der Waals surface area contributed by atoms with Gasteiger partial charge in [0, 0.05) is 15.6 Å². The molecular formula is C22H19IO4. The first-order chi connectivity index (χ1) is 13.1. The van der Waals surface area contributed by atoms with Crippen molar-refractivity contribution in [2.45, 2.75) is 19.4 Å². The Morgan fingerprint density at radius 2 is 1.89 bits per heavy atom. The molecule has 3 rings (SSSR count). The zero-order chi connectivity index (χ0) is 19.2. The molecule has 0 N–H and O–H groups in total. The largest absolute Gasteiger partial charge is 0.462 e. The first kappa shape index (κ1) is 19.4. The molecule has 0 aromatic heterocycles. The fourth-order valence-electron chi connectivity index (χ4n) is 2.80. The van der Waals surface area contributed by atoms with Gasteiger partial charge in [0.2, 0.25) is 0 Å². The summed E-state index contributed by atoms with van der Waals surface area (Å²) in [6.45, 7) is 2.02. The highest BCUT2D eigenvalue weighted by Crippen LogP contribution is 2.33. The topological polar surface area (TPSA) is 52.6 Å². The second kappa shape index (κ2) is 8.99. The van der Waals surface area contributed by atoms with Crippen molar-refractivity contribution >= 4 is 40.6 Å². The minimum Gasteiger partial charge on any atom is -0.462 e. The zero-order valence-electron chi connectivity index (χ0n) is 14.9. The summed E-state index contributed by atoms with van der Waals surface area (Å²) in [7, 11) is 0. The van der Waals surface area contributed by atoms with Gasteiger partial charge in [-0.05, 0) is 64.9 Å². The van der Waals surface area contributed by atoms with Gasteiger partial charge in [0.15, 0.2) is 0 Å². The first-order valence-electron chi connectivity index (χ1n) is 8.67. The van der Waals surface area contributed by atoms with Crippen LogP contribution in [0.15, 0.2) is 71.8 Å². The smallest absolute Gasteiger partial charge is 0.338 e. The molecule has 1 aliphatic rings. The van der Waals surface area contributed by atoms with E-state index in [4.69, 9.17) is 9.47 Å². The van der Waals surface area contributed by atoms with Gasteiger partial charge in [-0.1, -0.05) is 42.5 Å². The van der Waals surface area contributed by atoms with E-state index in [0.717, 1.165) is 14.7 Å². The summed E-state index contributed by atoms with van der Waals surface area (Å²) in [6.07, 6.45) is 3.41. The standard InChI is InChI=1S/C22H19IO4/c1-2-26-21(24)17(12-15-8-10-19(23)11-9-15)13-18-14-20(27-22(18)25)16-6-4-3-5-7-16/h3-13,20H,2,14H2,1H3/b17-12+,18-13-. The molecule has 27 heavy (non-hydrogen) atoms. The number of ether oxygens (including phenoxy) is 2. The number of hydrogen-bond acceptors (Lipinski definition) is 4. The van der Waals surface area contributed by atoms with Crippen LogP contribution >= 0.6 is 22.6 Å². The van der Waals surface area contributed by atoms with Crippen LogP contribution in [0.4, 0.5) is 0 Å². The van der Waals surface area contributed by atoms with Crippen LogP contribution in [0.25, 0.3) is 6.08 Å². The first-order valence-corrected chi connectivity index (χ1v) is 9.75. The molecule has 1 heterocycles. The maximum atomic E-state index is 12.4. The Morgan fingerprint density at radius 1 is 1.19 bits per heavy atom. The Bertz CT molecular complexity index is 882. The summed E-state index contributed by atoms with van der Waals surface area (Å²) in [4.78, 5) is 24.7. The number of benzene rings is 2. The molecule has 2 aromatic carbocycles. The Morgan fingerprint density at radius 3 is 2.56 bits per heavy atom. The van der Waals surface area contributed by atoms with Crippen LogP contribution in [0, 0.1) is 3.57 Å². The van der Waals surface area contributed by atoms with Gasteiger partial charge in [-0.3, -0.25) is 0 Å². The maximum Gasteiger partial charge on any atom is 0.338 e. The molecule has 0 aliphatic carbocycles. The van der Waals surface area contributed by atoms with Crippen LogP contribution in [0.3, 0.4) is 0 Å². The molecule has 1 unspecified atom stereocenters. The van der Waals surface area contributed by atoms with Gasteiger partial charge in [-0.2, -0.15) is 0 Å². The second-order valence-corrected chi connectivity index (χ2v) is 7.30. The molecule has 1 aliphatic heterocycles. The molecule has 1 fully saturated rings. The minimum atomic E-state index is -0.459. The number of carbonyl (C=O) groups is 2. The highest BCUT2D eigenvalue weighted by Gasteiger charge is 2.30. The van der Waals surface area contributed by atoms with Crippen molar-refractivity contribution in [1.29, 1.82) is 0 Å². The highest BCUT2D eigenvalue weighted by atomic mass is 127. The van der Waals surface area contributed by atoms with Crippen LogP contribution in [0.2, 0.25) is 0 Å². The summed E-state index contributed by atoms with van der Waals surface area (Å²) in [5.41, 5.74) is 2.60. The lowest BCUT2D eigenvalue weighted by Gasteiger charge is -2.07. The predicted molar refractivity (Wildman–Crippen MR) is 112 cm³/mol. The van der Waals surface area contributed by atoms with Crippen molar-refractivity contribution in [3.63, 3.8) is 0 Å². The Hall–Kier alpha value is -2.41. The number of carbonyl (C=O) groups excluding carboxylic acids is 2. The third kappa shape index (κ3) is 5.07. The second-order valence-electron chi connectivity index (χ2n) is 6.05. The van der Waals surface area contributed by atoms with E-state index in [9.17, 15) is 9.59 Å². The van der Waals surface area contributed by atoms with E-state index in [1.807, 2.05) is 54.6 Å². The van der Waals surface area contributed by atoms with Crippen LogP contribution in [-0.2, 0) is 19.1 Å². The summed E-state index contributed by atoms with van der Waals surface area (Å²) >= 11 is 2.22. The van der Waals surface area contributed by atoms with Crippen molar-refractivity contribution in [3.05, 3.63) is 86.5 Å². The van der Waals surface area contributed by atoms with Crippen molar-refractivity contribution in [1.82, 2.24) is 0 Å². The van der Waals surface area contributed by atoms with E-state index >= 15 is 0 Å². The van der Waals surface area contributed by atoms with Crippen molar-refractivity contribution in [2.24, 2.45) is 0 Å². The van der Waals surface area contributed by atoms with Crippen LogP contribution < -0.4 is 0 Å². The number of cyclic esters (lactones) is 1. The third-order valence-corrected chi connectivity index (χ3v) is 4.84. The molecule has 2 aromatic rings. The lowest BCUT2D eigenvalue weighted by atomic mass is 10.0. The number of hydrogen-bond donors (Lipinski definition) is 0. The number of rotatable bonds is 5. The monoisotopic (exact) mass is 474 g/mol. The van der Waals surface area contributed by atoms with Gasteiger partial charge in [-0.25, -0.2) is 9.59 Å². The molecule has 4 nitrogen and oxygen atoms in total. The van der Waals surface area contributed by atoms with E-state index in [-0.39, 0.29) is 12.7 Å². The van der Waals surface area contributed by atoms with Crippen LogP contribution in [0.5, 0.6) is 0 Å². The lowest BCUT2D eigenvalue weighted by molar-refractivity contribution is -0.139. The van der Waals surface area contributed by atoms with Crippen molar-refractivity contribution in [3.8, 4) is 0 Å². The molecule has 138 valence electrons. The average molecular weight is 474 g/mol. The summed E-state index contributed by atoms with van der Waals surface area (Å²) < 4.78 is 11.7. The quantitative estimate of drug-likeness (QED) is 0.353. The van der Waals surface area contributed by atoms with E-state index in [2.05, 4.69) is 22.6 Å². The lowest BCUT2D eigenvalue weighted by Crippen LogP contribution is -2.07. The fourth-order valence-corrected chi connectivity index (χ4v) is 3.16. The highest BCUT2D eigenvalue weighted by molar-refractivity contribution is 14.1. The van der Waals surface area contributed by atoms with Gasteiger partial charge < -0.3 is 9.47 Å². The molecule has 1 saturated heterocycles. The molecule has 0 bridgehead atoms. The third-order valence-electron chi connectivity index (χ3n) is 4.12. The summed E-state index contributed by atoms with van der Waals surface area (Å²) in [5.74, 6) is -0.860. The van der Waals surface area contributed by atoms with Crippen molar-refractivity contribution < 1.29 is 19.1 Å². The van der Waals surface area contributed by atoms with Crippen LogP contribution in [-0.4, -0.2) is 18.5 Å². The fraction of sp³-hybridized carbons (Fsp3) is 0.182. The van der Waals surface area contributed by atoms with Crippen molar-refractivity contribution in [2.75, 3.05) is 6.61 Å². The number of halogens is 1. The molecule has 0 amide bonds. The van der Waals surface area contributed by atoms with E-state index < -0.39 is 11.9 Å². The molecule has 1 atom stereocenters.